The van der Waals surface area contributed by atoms with Crippen molar-refractivity contribution >= 4 is 22.1 Å². The van der Waals surface area contributed by atoms with E-state index in [1.807, 2.05) is 24.3 Å². The second-order valence-electron chi connectivity index (χ2n) is 4.74. The number of aromatic nitrogens is 2. The van der Waals surface area contributed by atoms with Crippen molar-refractivity contribution in [1.82, 2.24) is 10.2 Å². The molecule has 92 valence electrons. The molecule has 3 nitrogen and oxygen atoms in total. The highest BCUT2D eigenvalue weighted by molar-refractivity contribution is 6.06. The van der Waals surface area contributed by atoms with Gasteiger partial charge in [-0.2, -0.15) is 5.10 Å². The van der Waals surface area contributed by atoms with Gasteiger partial charge in [-0.3, -0.25) is 5.10 Å². The normalized spacial score (nSPS) is 11.4. The molecular weight excluding hydrogens is 236 g/mol. The van der Waals surface area contributed by atoms with E-state index in [2.05, 4.69) is 41.4 Å². The molecule has 2 heterocycles. The fourth-order valence-corrected chi connectivity index (χ4v) is 2.39. The molecule has 2 aromatic heterocycles. The first kappa shape index (κ1) is 10.4. The molecule has 0 spiro atoms. The standard InChI is InChI=1S/C16H12N2O/c1-10-6-8-11(9-7-10)14-16-15(18-17-14)12-4-2-3-5-13(12)19-16/h2-9H,1H3,(H,17,18). The number of nitrogens with zero attached hydrogens (tertiary/aromatic N) is 1. The lowest BCUT2D eigenvalue weighted by Gasteiger charge is -1.96. The Labute approximate surface area is 109 Å². The molecular formula is C16H12N2O. The third kappa shape index (κ3) is 1.48. The number of para-hydroxylation sites is 1. The van der Waals surface area contributed by atoms with Gasteiger partial charge in [-0.15, -0.1) is 0 Å². The fraction of sp³-hybridized carbons (Fsp3) is 0.0625. The number of aromatic amines is 1. The van der Waals surface area contributed by atoms with Crippen LogP contribution in [-0.2, 0) is 0 Å². The average molecular weight is 248 g/mol. The molecule has 0 aliphatic rings. The Kier molecular flexibility index (Phi) is 2.03. The highest BCUT2D eigenvalue weighted by Gasteiger charge is 2.15. The highest BCUT2D eigenvalue weighted by Crippen LogP contribution is 2.33. The first-order valence-corrected chi connectivity index (χ1v) is 6.25. The van der Waals surface area contributed by atoms with Crippen molar-refractivity contribution in [2.24, 2.45) is 0 Å². The van der Waals surface area contributed by atoms with Crippen LogP contribution in [0.1, 0.15) is 5.56 Å². The van der Waals surface area contributed by atoms with E-state index in [0.29, 0.717) is 0 Å². The van der Waals surface area contributed by atoms with E-state index in [1.54, 1.807) is 0 Å². The summed E-state index contributed by atoms with van der Waals surface area (Å²) in [5, 5.41) is 8.54. The zero-order valence-corrected chi connectivity index (χ0v) is 10.5. The maximum Gasteiger partial charge on any atom is 0.181 e. The molecule has 19 heavy (non-hydrogen) atoms. The monoisotopic (exact) mass is 248 g/mol. The predicted octanol–water partition coefficient (Wildman–Crippen LogP) is 4.28. The molecule has 0 aliphatic carbocycles. The second kappa shape index (κ2) is 3.72. The topological polar surface area (TPSA) is 41.8 Å². The molecule has 0 fully saturated rings. The Morgan fingerprint density at radius 1 is 1.00 bits per heavy atom. The van der Waals surface area contributed by atoms with Crippen molar-refractivity contribution in [2.75, 3.05) is 0 Å². The van der Waals surface area contributed by atoms with Gasteiger partial charge >= 0.3 is 0 Å². The van der Waals surface area contributed by atoms with E-state index in [-0.39, 0.29) is 0 Å². The van der Waals surface area contributed by atoms with Crippen LogP contribution in [0.2, 0.25) is 0 Å². The smallest absolute Gasteiger partial charge is 0.181 e. The summed E-state index contributed by atoms with van der Waals surface area (Å²) in [7, 11) is 0. The minimum Gasteiger partial charge on any atom is -0.452 e. The highest BCUT2D eigenvalue weighted by atomic mass is 16.3. The van der Waals surface area contributed by atoms with E-state index < -0.39 is 0 Å². The summed E-state index contributed by atoms with van der Waals surface area (Å²) in [4.78, 5) is 0. The zero-order chi connectivity index (χ0) is 12.8. The van der Waals surface area contributed by atoms with Crippen LogP contribution in [0.15, 0.2) is 52.9 Å². The number of benzene rings is 2. The maximum absolute atomic E-state index is 5.91. The van der Waals surface area contributed by atoms with Crippen LogP contribution in [-0.4, -0.2) is 10.2 Å². The van der Waals surface area contributed by atoms with Gasteiger partial charge in [0.05, 0.1) is 0 Å². The van der Waals surface area contributed by atoms with Gasteiger partial charge in [0.2, 0.25) is 0 Å². The van der Waals surface area contributed by atoms with Crippen LogP contribution in [0.5, 0.6) is 0 Å². The van der Waals surface area contributed by atoms with Crippen molar-refractivity contribution < 1.29 is 4.42 Å². The number of rotatable bonds is 1. The number of H-pyrrole nitrogens is 1. The minimum atomic E-state index is 0.824. The predicted molar refractivity (Wildman–Crippen MR) is 76.0 cm³/mol. The molecule has 4 aromatic rings. The van der Waals surface area contributed by atoms with E-state index in [0.717, 1.165) is 33.3 Å². The lowest BCUT2D eigenvalue weighted by Crippen LogP contribution is -1.79. The fourth-order valence-electron chi connectivity index (χ4n) is 2.39. The maximum atomic E-state index is 5.91. The summed E-state index contributed by atoms with van der Waals surface area (Å²) in [5.41, 5.74) is 5.85. The Balaban J connectivity index is 2.02. The Hall–Kier alpha value is -2.55. The number of fused-ring (bicyclic) bond motifs is 3. The molecule has 1 N–H and O–H groups in total. The molecule has 2 aromatic carbocycles. The lowest BCUT2D eigenvalue weighted by atomic mass is 10.1. The van der Waals surface area contributed by atoms with Gasteiger partial charge in [0.1, 0.15) is 16.8 Å². The van der Waals surface area contributed by atoms with Crippen LogP contribution in [0.4, 0.5) is 0 Å². The number of nitrogens with one attached hydrogen (secondary N) is 1. The zero-order valence-electron chi connectivity index (χ0n) is 10.5. The van der Waals surface area contributed by atoms with Crippen molar-refractivity contribution in [1.29, 1.82) is 0 Å². The third-order valence-electron chi connectivity index (χ3n) is 3.42. The minimum absolute atomic E-state index is 0.824. The first-order valence-electron chi connectivity index (χ1n) is 6.25. The van der Waals surface area contributed by atoms with E-state index in [9.17, 15) is 0 Å². The molecule has 0 saturated heterocycles. The molecule has 3 heteroatoms. The summed E-state index contributed by atoms with van der Waals surface area (Å²) in [6, 6.07) is 16.3. The van der Waals surface area contributed by atoms with Crippen molar-refractivity contribution in [3.05, 3.63) is 54.1 Å². The van der Waals surface area contributed by atoms with Gasteiger partial charge in [0.15, 0.2) is 5.58 Å². The number of hydrogen-bond acceptors (Lipinski definition) is 2. The summed E-state index contributed by atoms with van der Waals surface area (Å²) in [5.74, 6) is 0. The number of furan rings is 1. The molecule has 0 aliphatic heterocycles. The first-order chi connectivity index (χ1) is 9.33. The van der Waals surface area contributed by atoms with Gasteiger partial charge < -0.3 is 4.42 Å². The molecule has 0 saturated carbocycles. The molecule has 0 atom stereocenters. The molecule has 0 unspecified atom stereocenters. The van der Waals surface area contributed by atoms with Gasteiger partial charge in [-0.1, -0.05) is 42.0 Å². The molecule has 0 bridgehead atoms. The third-order valence-corrected chi connectivity index (χ3v) is 3.42. The van der Waals surface area contributed by atoms with Crippen LogP contribution >= 0.6 is 0 Å². The number of hydrogen-bond donors (Lipinski definition) is 1. The van der Waals surface area contributed by atoms with Crippen LogP contribution in [0, 0.1) is 6.92 Å². The van der Waals surface area contributed by atoms with Crippen LogP contribution in [0.25, 0.3) is 33.3 Å². The Morgan fingerprint density at radius 3 is 2.63 bits per heavy atom. The summed E-state index contributed by atoms with van der Waals surface area (Å²) < 4.78 is 5.91. The SMILES string of the molecule is Cc1ccc(-c2n[nH]c3c2oc2ccccc23)cc1. The molecule has 0 amide bonds. The lowest BCUT2D eigenvalue weighted by molar-refractivity contribution is 0.670. The van der Waals surface area contributed by atoms with Crippen LogP contribution in [0.3, 0.4) is 0 Å². The molecule has 4 rings (SSSR count). The van der Waals surface area contributed by atoms with Gasteiger partial charge in [-0.25, -0.2) is 0 Å². The van der Waals surface area contributed by atoms with Gasteiger partial charge in [0.25, 0.3) is 0 Å². The van der Waals surface area contributed by atoms with Crippen LogP contribution < -0.4 is 0 Å². The molecule has 0 radical (unpaired) electrons. The number of aryl methyl sites for hydroxylation is 1. The quantitative estimate of drug-likeness (QED) is 0.546. The van der Waals surface area contributed by atoms with Crippen molar-refractivity contribution in [3.8, 4) is 11.3 Å². The van der Waals surface area contributed by atoms with Crippen molar-refractivity contribution in [2.45, 2.75) is 6.92 Å². The van der Waals surface area contributed by atoms with Gasteiger partial charge in [0, 0.05) is 10.9 Å². The van der Waals surface area contributed by atoms with E-state index >= 15 is 0 Å². The summed E-state index contributed by atoms with van der Waals surface area (Å²) in [6.45, 7) is 2.07. The van der Waals surface area contributed by atoms with E-state index in [1.165, 1.54) is 5.56 Å². The largest absolute Gasteiger partial charge is 0.452 e. The summed E-state index contributed by atoms with van der Waals surface area (Å²) in [6.07, 6.45) is 0. The average Bonchev–Trinajstić information content (AvgIpc) is 2.98. The second-order valence-corrected chi connectivity index (χ2v) is 4.74. The van der Waals surface area contributed by atoms with Gasteiger partial charge in [-0.05, 0) is 19.1 Å². The van der Waals surface area contributed by atoms with Crippen molar-refractivity contribution in [3.63, 3.8) is 0 Å². The summed E-state index contributed by atoms with van der Waals surface area (Å²) >= 11 is 0. The Morgan fingerprint density at radius 2 is 1.79 bits per heavy atom. The van der Waals surface area contributed by atoms with E-state index in [4.69, 9.17) is 4.42 Å². The Bertz CT molecular complexity index is 869.